The van der Waals surface area contributed by atoms with Gasteiger partial charge in [0.1, 0.15) is 5.75 Å². The molecule has 1 aromatic heterocycles. The molecule has 0 saturated carbocycles. The first-order valence-electron chi connectivity index (χ1n) is 13.0. The number of rotatable bonds is 9. The maximum absolute atomic E-state index is 13.5. The van der Waals surface area contributed by atoms with Crippen LogP contribution in [-0.4, -0.2) is 48.3 Å². The second-order valence-corrected chi connectivity index (χ2v) is 11.2. The summed E-state index contributed by atoms with van der Waals surface area (Å²) in [6.45, 7) is 11.2. The van der Waals surface area contributed by atoms with E-state index in [4.69, 9.17) is 16.3 Å². The molecule has 0 radical (unpaired) electrons. The van der Waals surface area contributed by atoms with Crippen LogP contribution in [0.2, 0.25) is 0 Å². The Morgan fingerprint density at radius 3 is 2.44 bits per heavy atom. The van der Waals surface area contributed by atoms with E-state index in [0.29, 0.717) is 28.4 Å². The lowest BCUT2D eigenvalue weighted by Gasteiger charge is -2.24. The Morgan fingerprint density at radius 2 is 1.87 bits per heavy atom. The Hall–Kier alpha value is -3.82. The number of carbonyl (C=O) groups excluding carboxylic acids is 1. The number of ether oxygens (including phenoxy) is 1. The van der Waals surface area contributed by atoms with Gasteiger partial charge in [0.15, 0.2) is 0 Å². The molecule has 2 aromatic carbocycles. The summed E-state index contributed by atoms with van der Waals surface area (Å²) in [5.41, 5.74) is 13.3. The van der Waals surface area contributed by atoms with Gasteiger partial charge in [0.2, 0.25) is 0 Å². The minimum Gasteiger partial charge on any atom is -0.494 e. The summed E-state index contributed by atoms with van der Waals surface area (Å²) in [4.78, 5) is 15.6. The van der Waals surface area contributed by atoms with Gasteiger partial charge >= 0.3 is 0 Å². The van der Waals surface area contributed by atoms with Crippen molar-refractivity contribution in [2.24, 2.45) is 18.6 Å². The van der Waals surface area contributed by atoms with Crippen molar-refractivity contribution in [1.29, 1.82) is 0 Å². The van der Waals surface area contributed by atoms with Crippen molar-refractivity contribution in [2.45, 2.75) is 46.5 Å². The van der Waals surface area contributed by atoms with Crippen LogP contribution in [-0.2, 0) is 18.9 Å². The third kappa shape index (κ3) is 6.99. The van der Waals surface area contributed by atoms with Crippen molar-refractivity contribution in [3.8, 4) is 5.75 Å². The van der Waals surface area contributed by atoms with Gasteiger partial charge in [-0.3, -0.25) is 14.5 Å². The predicted molar refractivity (Wildman–Crippen MR) is 160 cm³/mol. The number of nitrogens with one attached hydrogen (secondary N) is 1. The highest BCUT2D eigenvalue weighted by molar-refractivity contribution is 6.06. The molecule has 0 bridgehead atoms. The summed E-state index contributed by atoms with van der Waals surface area (Å²) in [6.07, 6.45) is 4.14. The molecule has 5 N–H and O–H groups in total. The van der Waals surface area contributed by atoms with Crippen molar-refractivity contribution in [3.63, 3.8) is 0 Å². The summed E-state index contributed by atoms with van der Waals surface area (Å²) in [6, 6.07) is 9.59. The van der Waals surface area contributed by atoms with Gasteiger partial charge in [-0.1, -0.05) is 32.9 Å². The van der Waals surface area contributed by atoms with Gasteiger partial charge < -0.3 is 20.7 Å². The minimum absolute atomic E-state index is 0.103. The van der Waals surface area contributed by atoms with E-state index in [-0.39, 0.29) is 11.3 Å². The summed E-state index contributed by atoms with van der Waals surface area (Å²) in [5.74, 6) is 6.82. The highest BCUT2D eigenvalue weighted by Crippen LogP contribution is 2.36. The van der Waals surface area contributed by atoms with Crippen LogP contribution in [0.1, 0.15) is 59.1 Å². The van der Waals surface area contributed by atoms with Gasteiger partial charge in [0, 0.05) is 36.6 Å². The SMILES string of the molecule is COc1c(CCN(C)C)cc(C(C)(C)C)cc1NC(=O)c1ccc(C)c(N(N)/C=C(\N)c2cnn(C)c2C)c1. The van der Waals surface area contributed by atoms with Crippen LogP contribution in [0.25, 0.3) is 5.70 Å². The van der Waals surface area contributed by atoms with E-state index in [9.17, 15) is 4.79 Å². The Kier molecular flexibility index (Phi) is 9.09. The second-order valence-electron chi connectivity index (χ2n) is 11.2. The standard InChI is InChI=1S/C30H43N7O2/c1-19-10-11-22(15-27(19)37(32)18-25(31)24-17-33-36(8)20(24)2)29(38)34-26-16-23(30(3,4)5)14-21(28(26)39-9)12-13-35(6)7/h10-11,14-18H,12-13,31-32H2,1-9H3,(H,34,38)/b25-18-. The highest BCUT2D eigenvalue weighted by atomic mass is 16.5. The maximum atomic E-state index is 13.5. The van der Waals surface area contributed by atoms with E-state index in [1.165, 1.54) is 5.01 Å². The fraction of sp³-hybridized carbons (Fsp3) is 0.400. The number of likely N-dealkylation sites (N-methyl/N-ethyl adjacent to an activating group) is 1. The largest absolute Gasteiger partial charge is 0.494 e. The number of benzene rings is 2. The van der Waals surface area contributed by atoms with E-state index in [1.807, 2.05) is 47.1 Å². The number of nitrogens with zero attached hydrogens (tertiary/aromatic N) is 4. The monoisotopic (exact) mass is 533 g/mol. The molecule has 1 amide bonds. The number of nitrogens with two attached hydrogens (primary N) is 2. The number of hydrogen-bond acceptors (Lipinski definition) is 7. The van der Waals surface area contributed by atoms with Gasteiger partial charge in [-0.25, -0.2) is 5.84 Å². The number of anilines is 2. The topological polar surface area (TPSA) is 115 Å². The molecule has 0 fully saturated rings. The molecular formula is C30H43N7O2. The fourth-order valence-corrected chi connectivity index (χ4v) is 4.28. The van der Waals surface area contributed by atoms with Crippen molar-refractivity contribution >= 4 is 23.0 Å². The van der Waals surface area contributed by atoms with Gasteiger partial charge in [0.25, 0.3) is 5.91 Å². The van der Waals surface area contributed by atoms with Crippen LogP contribution in [0, 0.1) is 13.8 Å². The average molecular weight is 534 g/mol. The first-order valence-corrected chi connectivity index (χ1v) is 13.0. The third-order valence-electron chi connectivity index (χ3n) is 6.89. The van der Waals surface area contributed by atoms with Gasteiger partial charge in [-0.05, 0) is 74.7 Å². The Labute approximate surface area is 232 Å². The van der Waals surface area contributed by atoms with Crippen LogP contribution in [0.4, 0.5) is 11.4 Å². The molecule has 0 aliphatic rings. The average Bonchev–Trinajstić information content (AvgIpc) is 3.19. The van der Waals surface area contributed by atoms with E-state index < -0.39 is 0 Å². The maximum Gasteiger partial charge on any atom is 0.255 e. The summed E-state index contributed by atoms with van der Waals surface area (Å²) in [5, 5.41) is 8.78. The molecule has 3 rings (SSSR count). The molecule has 9 heteroatoms. The zero-order valence-corrected chi connectivity index (χ0v) is 24.7. The minimum atomic E-state index is -0.257. The Bertz CT molecular complexity index is 1370. The Balaban J connectivity index is 1.95. The smallest absolute Gasteiger partial charge is 0.255 e. The molecule has 0 aliphatic carbocycles. The molecular weight excluding hydrogens is 490 g/mol. The fourth-order valence-electron chi connectivity index (χ4n) is 4.28. The van der Waals surface area contributed by atoms with Crippen LogP contribution < -0.4 is 26.6 Å². The zero-order chi connectivity index (χ0) is 29.1. The van der Waals surface area contributed by atoms with Crippen LogP contribution in [0.5, 0.6) is 5.75 Å². The van der Waals surface area contributed by atoms with Gasteiger partial charge in [-0.2, -0.15) is 5.10 Å². The van der Waals surface area contributed by atoms with Crippen molar-refractivity contribution < 1.29 is 9.53 Å². The second kappa shape index (κ2) is 11.9. The summed E-state index contributed by atoms with van der Waals surface area (Å²) >= 11 is 0. The summed E-state index contributed by atoms with van der Waals surface area (Å²) < 4.78 is 7.55. The van der Waals surface area contributed by atoms with E-state index in [0.717, 1.165) is 40.9 Å². The van der Waals surface area contributed by atoms with Crippen LogP contribution in [0.3, 0.4) is 0 Å². The molecule has 1 heterocycles. The van der Waals surface area contributed by atoms with Crippen molar-refractivity contribution in [3.05, 3.63) is 76.2 Å². The number of amides is 1. The number of methoxy groups -OCH3 is 1. The first kappa shape index (κ1) is 29.7. The van der Waals surface area contributed by atoms with Crippen LogP contribution >= 0.6 is 0 Å². The predicted octanol–water partition coefficient (Wildman–Crippen LogP) is 4.34. The molecule has 0 unspecified atom stereocenters. The van der Waals surface area contributed by atoms with Crippen molar-refractivity contribution in [2.75, 3.05) is 38.1 Å². The highest BCUT2D eigenvalue weighted by Gasteiger charge is 2.21. The molecule has 0 spiro atoms. The zero-order valence-electron chi connectivity index (χ0n) is 24.7. The molecule has 3 aromatic rings. The Morgan fingerprint density at radius 1 is 1.18 bits per heavy atom. The number of hydrazine groups is 1. The lowest BCUT2D eigenvalue weighted by molar-refractivity contribution is 0.102. The number of aromatic nitrogens is 2. The molecule has 39 heavy (non-hydrogen) atoms. The molecule has 0 atom stereocenters. The number of aryl methyl sites for hydroxylation is 2. The van der Waals surface area contributed by atoms with E-state index >= 15 is 0 Å². The molecule has 0 aliphatic heterocycles. The lowest BCUT2D eigenvalue weighted by atomic mass is 9.85. The normalized spacial score (nSPS) is 12.1. The van der Waals surface area contributed by atoms with Crippen molar-refractivity contribution in [1.82, 2.24) is 14.7 Å². The summed E-state index contributed by atoms with van der Waals surface area (Å²) in [7, 11) is 7.58. The lowest BCUT2D eigenvalue weighted by Crippen LogP contribution is -2.27. The molecule has 9 nitrogen and oxygen atoms in total. The van der Waals surface area contributed by atoms with Gasteiger partial charge in [-0.15, -0.1) is 0 Å². The van der Waals surface area contributed by atoms with E-state index in [1.54, 1.807) is 36.3 Å². The van der Waals surface area contributed by atoms with Crippen LogP contribution in [0.15, 0.2) is 42.7 Å². The number of carbonyl (C=O) groups is 1. The quantitative estimate of drug-likeness (QED) is 0.277. The first-order chi connectivity index (χ1) is 18.2. The molecule has 0 saturated heterocycles. The molecule has 210 valence electrons. The third-order valence-corrected chi connectivity index (χ3v) is 6.89. The number of hydrogen-bond donors (Lipinski definition) is 3. The van der Waals surface area contributed by atoms with E-state index in [2.05, 4.69) is 42.2 Å². The van der Waals surface area contributed by atoms with Gasteiger partial charge in [0.05, 0.1) is 30.4 Å².